The molecule has 84 valence electrons. The summed E-state index contributed by atoms with van der Waals surface area (Å²) in [5.41, 5.74) is 5.77. The van der Waals surface area contributed by atoms with E-state index < -0.39 is 10.0 Å². The van der Waals surface area contributed by atoms with Crippen molar-refractivity contribution in [3.63, 3.8) is 0 Å². The van der Waals surface area contributed by atoms with E-state index in [0.29, 0.717) is 13.1 Å². The van der Waals surface area contributed by atoms with Gasteiger partial charge in [0.25, 0.3) is 10.0 Å². The van der Waals surface area contributed by atoms with Crippen LogP contribution in [0.5, 0.6) is 0 Å². The first-order chi connectivity index (χ1) is 7.04. The van der Waals surface area contributed by atoms with Gasteiger partial charge in [0.05, 0.1) is 5.69 Å². The fraction of sp³-hybridized carbons (Fsp3) is 0.444. The van der Waals surface area contributed by atoms with Crippen LogP contribution in [-0.4, -0.2) is 30.8 Å². The summed E-state index contributed by atoms with van der Waals surface area (Å²) in [5.74, 6) is 0. The highest BCUT2D eigenvalue weighted by molar-refractivity contribution is 7.89. The van der Waals surface area contributed by atoms with Gasteiger partial charge in [-0.1, -0.05) is 13.8 Å². The van der Waals surface area contributed by atoms with E-state index in [-0.39, 0.29) is 10.7 Å². The first-order valence-electron chi connectivity index (χ1n) is 4.74. The highest BCUT2D eigenvalue weighted by atomic mass is 32.2. The van der Waals surface area contributed by atoms with Crippen LogP contribution in [0, 0.1) is 0 Å². The zero-order chi connectivity index (χ0) is 11.5. The highest BCUT2D eigenvalue weighted by Gasteiger charge is 2.24. The number of sulfonamides is 1. The Balaban J connectivity index is 3.23. The molecule has 0 radical (unpaired) electrons. The maximum absolute atomic E-state index is 12.0. The summed E-state index contributed by atoms with van der Waals surface area (Å²) in [4.78, 5) is 3.81. The molecular weight excluding hydrogens is 214 g/mol. The lowest BCUT2D eigenvalue weighted by Crippen LogP contribution is -2.31. The maximum atomic E-state index is 12.0. The Hall–Kier alpha value is -1.14. The molecule has 0 unspecified atom stereocenters. The second-order valence-electron chi connectivity index (χ2n) is 2.99. The summed E-state index contributed by atoms with van der Waals surface area (Å²) >= 11 is 0. The smallest absolute Gasteiger partial charge is 0.262 e. The number of rotatable bonds is 4. The van der Waals surface area contributed by atoms with Crippen molar-refractivity contribution < 1.29 is 8.42 Å². The largest absolute Gasteiger partial charge is 0.396 e. The van der Waals surface area contributed by atoms with Crippen molar-refractivity contribution >= 4 is 15.7 Å². The molecule has 6 heteroatoms. The molecule has 15 heavy (non-hydrogen) atoms. The molecule has 1 aromatic rings. The van der Waals surface area contributed by atoms with Crippen LogP contribution in [0.2, 0.25) is 0 Å². The number of hydrogen-bond acceptors (Lipinski definition) is 4. The summed E-state index contributed by atoms with van der Waals surface area (Å²) in [6, 6.07) is 3.14. The van der Waals surface area contributed by atoms with Crippen molar-refractivity contribution in [3.8, 4) is 0 Å². The third kappa shape index (κ3) is 2.27. The quantitative estimate of drug-likeness (QED) is 0.824. The second kappa shape index (κ2) is 4.59. The van der Waals surface area contributed by atoms with E-state index in [1.54, 1.807) is 19.9 Å². The number of pyridine rings is 1. The number of hydrogen-bond donors (Lipinski definition) is 1. The molecular formula is C9H15N3O2S. The summed E-state index contributed by atoms with van der Waals surface area (Å²) < 4.78 is 25.3. The maximum Gasteiger partial charge on any atom is 0.262 e. The molecule has 0 aromatic carbocycles. The molecule has 1 aromatic heterocycles. The van der Waals surface area contributed by atoms with Crippen molar-refractivity contribution in [1.82, 2.24) is 9.29 Å². The van der Waals surface area contributed by atoms with Crippen molar-refractivity contribution in [2.45, 2.75) is 18.9 Å². The molecule has 0 saturated carbocycles. The number of nitrogens with two attached hydrogens (primary N) is 1. The predicted octanol–water partition coefficient (Wildman–Crippen LogP) is 0.694. The van der Waals surface area contributed by atoms with Crippen LogP contribution in [0.25, 0.3) is 0 Å². The summed E-state index contributed by atoms with van der Waals surface area (Å²) in [6.45, 7) is 4.38. The second-order valence-corrected chi connectivity index (χ2v) is 4.84. The van der Waals surface area contributed by atoms with E-state index in [1.165, 1.54) is 16.6 Å². The monoisotopic (exact) mass is 229 g/mol. The van der Waals surface area contributed by atoms with Gasteiger partial charge >= 0.3 is 0 Å². The lowest BCUT2D eigenvalue weighted by atomic mass is 10.4. The average molecular weight is 229 g/mol. The van der Waals surface area contributed by atoms with Crippen LogP contribution in [0.4, 0.5) is 5.69 Å². The number of nitrogens with zero attached hydrogens (tertiary/aromatic N) is 2. The molecule has 0 saturated heterocycles. The summed E-state index contributed by atoms with van der Waals surface area (Å²) in [5, 5.41) is -0.0614. The molecule has 0 spiro atoms. The van der Waals surface area contributed by atoms with Crippen molar-refractivity contribution in [3.05, 3.63) is 18.3 Å². The van der Waals surface area contributed by atoms with E-state index in [9.17, 15) is 8.42 Å². The van der Waals surface area contributed by atoms with Crippen LogP contribution in [0.3, 0.4) is 0 Å². The Labute approximate surface area is 90.0 Å². The Morgan fingerprint density at radius 2 is 2.00 bits per heavy atom. The number of nitrogen functional groups attached to an aromatic ring is 1. The fourth-order valence-electron chi connectivity index (χ4n) is 1.30. The Kier molecular flexibility index (Phi) is 3.65. The zero-order valence-corrected chi connectivity index (χ0v) is 9.66. The van der Waals surface area contributed by atoms with Crippen LogP contribution in [0.15, 0.2) is 23.4 Å². The first-order valence-corrected chi connectivity index (χ1v) is 6.18. The molecule has 0 aliphatic rings. The lowest BCUT2D eigenvalue weighted by Gasteiger charge is -2.18. The molecule has 0 atom stereocenters. The van der Waals surface area contributed by atoms with Gasteiger partial charge in [-0.3, -0.25) is 0 Å². The van der Waals surface area contributed by atoms with Gasteiger partial charge in [-0.05, 0) is 12.1 Å². The minimum atomic E-state index is -3.53. The molecule has 1 rings (SSSR count). The van der Waals surface area contributed by atoms with Crippen LogP contribution in [0.1, 0.15) is 13.8 Å². The van der Waals surface area contributed by atoms with Crippen molar-refractivity contribution in [2.24, 2.45) is 0 Å². The molecule has 0 bridgehead atoms. The number of aromatic nitrogens is 1. The van der Waals surface area contributed by atoms with Gasteiger partial charge in [-0.15, -0.1) is 0 Å². The minimum Gasteiger partial charge on any atom is -0.396 e. The van der Waals surface area contributed by atoms with E-state index >= 15 is 0 Å². The van der Waals surface area contributed by atoms with Gasteiger partial charge in [-0.25, -0.2) is 13.4 Å². The molecule has 0 aliphatic carbocycles. The van der Waals surface area contributed by atoms with E-state index in [2.05, 4.69) is 4.98 Å². The van der Waals surface area contributed by atoms with Gasteiger partial charge in [0.15, 0.2) is 5.03 Å². The van der Waals surface area contributed by atoms with Crippen LogP contribution < -0.4 is 5.73 Å². The van der Waals surface area contributed by atoms with Gasteiger partial charge in [0.1, 0.15) is 0 Å². The van der Waals surface area contributed by atoms with E-state index in [4.69, 9.17) is 5.73 Å². The molecule has 0 aliphatic heterocycles. The molecule has 5 nitrogen and oxygen atoms in total. The van der Waals surface area contributed by atoms with Crippen molar-refractivity contribution in [2.75, 3.05) is 18.8 Å². The van der Waals surface area contributed by atoms with Crippen LogP contribution in [-0.2, 0) is 10.0 Å². The molecule has 1 heterocycles. The minimum absolute atomic E-state index is 0.0614. The number of anilines is 1. The standard InChI is InChI=1S/C9H15N3O2S/c1-3-12(4-2)15(13,14)9-8(10)6-5-7-11-9/h5-7H,3-4,10H2,1-2H3. The topological polar surface area (TPSA) is 76.3 Å². The third-order valence-electron chi connectivity index (χ3n) is 2.09. The van der Waals surface area contributed by atoms with E-state index in [1.807, 2.05) is 0 Å². The molecule has 0 amide bonds. The lowest BCUT2D eigenvalue weighted by molar-refractivity contribution is 0.443. The summed E-state index contributed by atoms with van der Waals surface area (Å²) in [7, 11) is -3.53. The Morgan fingerprint density at radius 1 is 1.40 bits per heavy atom. The molecule has 0 fully saturated rings. The Morgan fingerprint density at radius 3 is 2.47 bits per heavy atom. The molecule has 2 N–H and O–H groups in total. The SMILES string of the molecule is CCN(CC)S(=O)(=O)c1ncccc1N. The average Bonchev–Trinajstić information content (AvgIpc) is 2.19. The zero-order valence-electron chi connectivity index (χ0n) is 8.84. The van der Waals surface area contributed by atoms with Gasteiger partial charge < -0.3 is 5.73 Å². The first kappa shape index (κ1) is 11.9. The van der Waals surface area contributed by atoms with E-state index in [0.717, 1.165) is 0 Å². The van der Waals surface area contributed by atoms with Gasteiger partial charge in [-0.2, -0.15) is 4.31 Å². The Bertz CT molecular complexity index is 427. The fourth-order valence-corrected chi connectivity index (χ4v) is 2.79. The van der Waals surface area contributed by atoms with Gasteiger partial charge in [0, 0.05) is 19.3 Å². The van der Waals surface area contributed by atoms with Crippen LogP contribution >= 0.6 is 0 Å². The predicted molar refractivity (Wildman–Crippen MR) is 58.8 cm³/mol. The normalized spacial score (nSPS) is 11.9. The highest BCUT2D eigenvalue weighted by Crippen LogP contribution is 2.18. The van der Waals surface area contributed by atoms with Crippen molar-refractivity contribution in [1.29, 1.82) is 0 Å². The summed E-state index contributed by atoms with van der Waals surface area (Å²) in [6.07, 6.45) is 1.42. The van der Waals surface area contributed by atoms with Gasteiger partial charge in [0.2, 0.25) is 0 Å². The third-order valence-corrected chi connectivity index (χ3v) is 4.12.